The second-order valence-corrected chi connectivity index (χ2v) is 3.74. The van der Waals surface area contributed by atoms with Gasteiger partial charge in [-0.2, -0.15) is 0 Å². The van der Waals surface area contributed by atoms with Gasteiger partial charge in [-0.1, -0.05) is 6.42 Å². The molecule has 0 aromatic heterocycles. The number of thiol groups is 1. The van der Waals surface area contributed by atoms with Crippen molar-refractivity contribution in [2.75, 3.05) is 6.54 Å². The molecule has 0 aromatic carbocycles. The standard InChI is InChI=1S/C6H13NO2S/c1-6-4-2-3-5-7(6)10(8)9/h6,10H,2-5H2,1H3. The van der Waals surface area contributed by atoms with Gasteiger partial charge in [-0.3, -0.25) is 0 Å². The number of nitrogens with zero attached hydrogens (tertiary/aromatic N) is 1. The van der Waals surface area contributed by atoms with Crippen molar-refractivity contribution in [1.29, 1.82) is 0 Å². The van der Waals surface area contributed by atoms with Crippen molar-refractivity contribution in [3.05, 3.63) is 0 Å². The van der Waals surface area contributed by atoms with Gasteiger partial charge in [-0.25, -0.2) is 12.7 Å². The van der Waals surface area contributed by atoms with Crippen LogP contribution in [0.4, 0.5) is 0 Å². The summed E-state index contributed by atoms with van der Waals surface area (Å²) < 4.78 is 22.6. The monoisotopic (exact) mass is 163 g/mol. The van der Waals surface area contributed by atoms with Crippen LogP contribution in [-0.4, -0.2) is 25.3 Å². The second-order valence-electron chi connectivity index (χ2n) is 2.75. The molecule has 1 unspecified atom stereocenters. The highest BCUT2D eigenvalue weighted by atomic mass is 32.2. The summed E-state index contributed by atoms with van der Waals surface area (Å²) in [6.07, 6.45) is 3.21. The Bertz CT molecular complexity index is 171. The van der Waals surface area contributed by atoms with Crippen molar-refractivity contribution in [1.82, 2.24) is 4.31 Å². The van der Waals surface area contributed by atoms with Crippen LogP contribution >= 0.6 is 0 Å². The first-order chi connectivity index (χ1) is 4.72. The molecule has 3 nitrogen and oxygen atoms in total. The zero-order valence-corrected chi connectivity index (χ0v) is 7.01. The highest BCUT2D eigenvalue weighted by Crippen LogP contribution is 2.15. The van der Waals surface area contributed by atoms with Gasteiger partial charge in [0.25, 0.3) is 0 Å². The Labute approximate surface area is 63.1 Å². The average molecular weight is 163 g/mol. The van der Waals surface area contributed by atoms with Crippen LogP contribution in [0.25, 0.3) is 0 Å². The van der Waals surface area contributed by atoms with Crippen LogP contribution in [-0.2, 0) is 10.9 Å². The molecule has 0 spiro atoms. The first-order valence-electron chi connectivity index (χ1n) is 3.63. The third-order valence-electron chi connectivity index (χ3n) is 1.98. The van der Waals surface area contributed by atoms with E-state index in [1.807, 2.05) is 6.92 Å². The van der Waals surface area contributed by atoms with Gasteiger partial charge < -0.3 is 0 Å². The van der Waals surface area contributed by atoms with Gasteiger partial charge in [0.05, 0.1) is 0 Å². The summed E-state index contributed by atoms with van der Waals surface area (Å²) in [7, 11) is -2.32. The summed E-state index contributed by atoms with van der Waals surface area (Å²) in [5, 5.41) is 0. The Morgan fingerprint density at radius 2 is 2.10 bits per heavy atom. The summed E-state index contributed by atoms with van der Waals surface area (Å²) in [4.78, 5) is 0. The van der Waals surface area contributed by atoms with E-state index >= 15 is 0 Å². The lowest BCUT2D eigenvalue weighted by Gasteiger charge is -2.27. The summed E-state index contributed by atoms with van der Waals surface area (Å²) in [5.74, 6) is 0. The van der Waals surface area contributed by atoms with E-state index in [1.54, 1.807) is 4.31 Å². The third-order valence-corrected chi connectivity index (χ3v) is 2.99. The van der Waals surface area contributed by atoms with E-state index in [0.717, 1.165) is 19.4 Å². The molecule has 1 aliphatic heterocycles. The largest absolute Gasteiger partial charge is 0.215 e. The molecule has 1 fully saturated rings. The molecule has 0 aromatic rings. The maximum Gasteiger partial charge on any atom is 0.204 e. The number of hydrogen-bond acceptors (Lipinski definition) is 2. The van der Waals surface area contributed by atoms with Crippen molar-refractivity contribution in [2.45, 2.75) is 32.2 Å². The number of rotatable bonds is 1. The fourth-order valence-electron chi connectivity index (χ4n) is 1.33. The van der Waals surface area contributed by atoms with Crippen LogP contribution < -0.4 is 0 Å². The molecule has 1 saturated heterocycles. The highest BCUT2D eigenvalue weighted by molar-refractivity contribution is 7.69. The third kappa shape index (κ3) is 1.70. The molecule has 0 radical (unpaired) electrons. The van der Waals surface area contributed by atoms with Crippen LogP contribution in [0.2, 0.25) is 0 Å². The maximum atomic E-state index is 10.5. The van der Waals surface area contributed by atoms with Crippen LogP contribution in [0.1, 0.15) is 26.2 Å². The summed E-state index contributed by atoms with van der Waals surface area (Å²) in [6, 6.07) is 0.231. The highest BCUT2D eigenvalue weighted by Gasteiger charge is 2.19. The van der Waals surface area contributed by atoms with Crippen molar-refractivity contribution >= 4 is 10.9 Å². The molecular weight excluding hydrogens is 150 g/mol. The number of piperidine rings is 1. The lowest BCUT2D eigenvalue weighted by Crippen LogP contribution is -2.35. The van der Waals surface area contributed by atoms with E-state index in [-0.39, 0.29) is 6.04 Å². The minimum Gasteiger partial charge on any atom is -0.215 e. The molecule has 0 aliphatic carbocycles. The van der Waals surface area contributed by atoms with Crippen LogP contribution in [0.3, 0.4) is 0 Å². The van der Waals surface area contributed by atoms with Gasteiger partial charge in [-0.15, -0.1) is 0 Å². The normalized spacial score (nSPS) is 29.2. The fourth-order valence-corrected chi connectivity index (χ4v) is 2.07. The molecular formula is C6H13NO2S. The molecule has 4 heteroatoms. The molecule has 60 valence electrons. The first kappa shape index (κ1) is 8.01. The topological polar surface area (TPSA) is 37.4 Å². The summed E-state index contributed by atoms with van der Waals surface area (Å²) in [6.45, 7) is 2.68. The van der Waals surface area contributed by atoms with E-state index in [9.17, 15) is 8.42 Å². The van der Waals surface area contributed by atoms with Crippen LogP contribution in [0.15, 0.2) is 0 Å². The van der Waals surface area contributed by atoms with Gasteiger partial charge in [0.1, 0.15) is 0 Å². The lowest BCUT2D eigenvalue weighted by atomic mass is 10.1. The molecule has 1 aliphatic rings. The maximum absolute atomic E-state index is 10.5. The van der Waals surface area contributed by atoms with Crippen molar-refractivity contribution in [2.24, 2.45) is 0 Å². The van der Waals surface area contributed by atoms with Gasteiger partial charge in [-0.05, 0) is 19.8 Å². The Morgan fingerprint density at radius 3 is 2.50 bits per heavy atom. The van der Waals surface area contributed by atoms with E-state index in [2.05, 4.69) is 0 Å². The molecule has 0 bridgehead atoms. The van der Waals surface area contributed by atoms with Gasteiger partial charge in [0.15, 0.2) is 0 Å². The lowest BCUT2D eigenvalue weighted by molar-refractivity contribution is 0.276. The molecule has 0 saturated carbocycles. The van der Waals surface area contributed by atoms with Crippen molar-refractivity contribution in [3.8, 4) is 0 Å². The van der Waals surface area contributed by atoms with Crippen LogP contribution in [0.5, 0.6) is 0 Å². The van der Waals surface area contributed by atoms with Gasteiger partial charge in [0, 0.05) is 12.6 Å². The van der Waals surface area contributed by atoms with Crippen molar-refractivity contribution < 1.29 is 8.42 Å². The quantitative estimate of drug-likeness (QED) is 0.568. The molecule has 0 amide bonds. The molecule has 1 rings (SSSR count). The minimum atomic E-state index is -2.32. The predicted octanol–water partition coefficient (Wildman–Crippen LogP) is 0.387. The Hall–Kier alpha value is -0.0900. The average Bonchev–Trinajstić information content (AvgIpc) is 1.88. The number of hydrogen-bond donors (Lipinski definition) is 1. The molecule has 1 atom stereocenters. The Balaban J connectivity index is 2.56. The first-order valence-corrected chi connectivity index (χ1v) is 4.76. The van der Waals surface area contributed by atoms with Crippen molar-refractivity contribution in [3.63, 3.8) is 0 Å². The summed E-state index contributed by atoms with van der Waals surface area (Å²) >= 11 is 0. The van der Waals surface area contributed by atoms with Gasteiger partial charge in [0.2, 0.25) is 10.9 Å². The fraction of sp³-hybridized carbons (Fsp3) is 1.00. The smallest absolute Gasteiger partial charge is 0.204 e. The minimum absolute atomic E-state index is 0.231. The second kappa shape index (κ2) is 3.34. The molecule has 0 N–H and O–H groups in total. The van der Waals surface area contributed by atoms with Crippen LogP contribution in [0, 0.1) is 0 Å². The Kier molecular flexibility index (Phi) is 2.68. The predicted molar refractivity (Wildman–Crippen MR) is 40.3 cm³/mol. The van der Waals surface area contributed by atoms with E-state index in [0.29, 0.717) is 0 Å². The molecule has 1 heterocycles. The Morgan fingerprint density at radius 1 is 1.40 bits per heavy atom. The summed E-state index contributed by atoms with van der Waals surface area (Å²) in [5.41, 5.74) is 0. The van der Waals surface area contributed by atoms with Gasteiger partial charge >= 0.3 is 0 Å². The van der Waals surface area contributed by atoms with E-state index < -0.39 is 10.9 Å². The zero-order chi connectivity index (χ0) is 7.56. The van der Waals surface area contributed by atoms with E-state index in [4.69, 9.17) is 0 Å². The molecule has 10 heavy (non-hydrogen) atoms. The zero-order valence-electron chi connectivity index (χ0n) is 6.12. The SMILES string of the molecule is CC1CCCCN1[SH](=O)=O. The van der Waals surface area contributed by atoms with E-state index in [1.165, 1.54) is 6.42 Å².